The molecule has 1 heterocycles. The van der Waals surface area contributed by atoms with Gasteiger partial charge in [0.25, 0.3) is 0 Å². The summed E-state index contributed by atoms with van der Waals surface area (Å²) < 4.78 is 0. The summed E-state index contributed by atoms with van der Waals surface area (Å²) >= 11 is 0. The highest BCUT2D eigenvalue weighted by Crippen LogP contribution is 2.03. The molecule has 0 bridgehead atoms. The summed E-state index contributed by atoms with van der Waals surface area (Å²) in [5.74, 6) is 6.25. The maximum absolute atomic E-state index is 8.90. The van der Waals surface area contributed by atoms with E-state index in [1.807, 2.05) is 24.3 Å². The molecule has 3 heteroatoms. The van der Waals surface area contributed by atoms with Gasteiger partial charge in [-0.05, 0) is 17.7 Å². The van der Waals surface area contributed by atoms with Gasteiger partial charge in [-0.3, -0.25) is 10.6 Å². The molecular weight excluding hydrogens is 200 g/mol. The highest BCUT2D eigenvalue weighted by atomic mass is 16.3. The number of hydrogen-bond acceptors (Lipinski definition) is 3. The number of aliphatic hydroxyl groups excluding tert-OH is 1. The van der Waals surface area contributed by atoms with Crippen LogP contribution < -0.4 is 10.6 Å². The van der Waals surface area contributed by atoms with Crippen molar-refractivity contribution in [2.75, 3.05) is 13.1 Å². The molecule has 3 nitrogen and oxygen atoms in total. The second-order valence-electron chi connectivity index (χ2n) is 3.82. The van der Waals surface area contributed by atoms with Gasteiger partial charge in [0.2, 0.25) is 0 Å². The lowest BCUT2D eigenvalue weighted by Crippen LogP contribution is -2.30. The monoisotopic (exact) mass is 216 g/mol. The van der Waals surface area contributed by atoms with Crippen molar-refractivity contribution in [1.82, 2.24) is 10.6 Å². The molecule has 84 valence electrons. The van der Waals surface area contributed by atoms with E-state index in [0.717, 1.165) is 30.6 Å². The number of hydrogen-bond donors (Lipinski definition) is 3. The van der Waals surface area contributed by atoms with Crippen LogP contribution in [0.15, 0.2) is 24.3 Å². The lowest BCUT2D eigenvalue weighted by molar-refractivity contribution is 0.282. The van der Waals surface area contributed by atoms with Gasteiger partial charge in [0.15, 0.2) is 0 Å². The molecule has 0 saturated carbocycles. The number of aliphatic hydroxyl groups is 1. The Morgan fingerprint density at radius 1 is 1.19 bits per heavy atom. The highest BCUT2D eigenvalue weighted by Gasteiger charge is 2.09. The van der Waals surface area contributed by atoms with Crippen LogP contribution in [-0.2, 0) is 6.61 Å². The molecule has 0 unspecified atom stereocenters. The third-order valence-electron chi connectivity index (χ3n) is 2.58. The Balaban J connectivity index is 1.89. The lowest BCUT2D eigenvalue weighted by Gasteiger charge is -2.04. The zero-order valence-electron chi connectivity index (χ0n) is 9.16. The van der Waals surface area contributed by atoms with Crippen molar-refractivity contribution in [3.8, 4) is 11.8 Å². The van der Waals surface area contributed by atoms with Crippen molar-refractivity contribution in [2.45, 2.75) is 19.2 Å². The van der Waals surface area contributed by atoms with Crippen LogP contribution >= 0.6 is 0 Å². The molecule has 0 radical (unpaired) electrons. The Hall–Kier alpha value is -1.34. The summed E-state index contributed by atoms with van der Waals surface area (Å²) in [6.45, 7) is 2.14. The zero-order valence-corrected chi connectivity index (χ0v) is 9.16. The van der Waals surface area contributed by atoms with Gasteiger partial charge in [-0.15, -0.1) is 0 Å². The molecule has 0 aliphatic carbocycles. The fourth-order valence-corrected chi connectivity index (χ4v) is 1.66. The number of nitrogens with one attached hydrogen (secondary N) is 2. The topological polar surface area (TPSA) is 44.3 Å². The maximum atomic E-state index is 8.90. The molecule has 1 aliphatic rings. The van der Waals surface area contributed by atoms with E-state index < -0.39 is 0 Å². The van der Waals surface area contributed by atoms with Gasteiger partial charge >= 0.3 is 0 Å². The van der Waals surface area contributed by atoms with Crippen LogP contribution in [0.5, 0.6) is 0 Å². The van der Waals surface area contributed by atoms with Crippen molar-refractivity contribution in [3.63, 3.8) is 0 Å². The third kappa shape index (κ3) is 3.07. The van der Waals surface area contributed by atoms with Crippen LogP contribution in [0, 0.1) is 11.8 Å². The van der Waals surface area contributed by atoms with Gasteiger partial charge in [0, 0.05) is 25.1 Å². The average molecular weight is 216 g/mol. The largest absolute Gasteiger partial charge is 0.392 e. The van der Waals surface area contributed by atoms with E-state index in [2.05, 4.69) is 22.5 Å². The summed E-state index contributed by atoms with van der Waals surface area (Å²) in [6, 6.07) is 7.67. The number of rotatable bonds is 2. The average Bonchev–Trinajstić information content (AvgIpc) is 2.83. The van der Waals surface area contributed by atoms with Crippen molar-refractivity contribution >= 4 is 0 Å². The molecule has 2 rings (SSSR count). The van der Waals surface area contributed by atoms with Crippen molar-refractivity contribution in [2.24, 2.45) is 0 Å². The predicted octanol–water partition coefficient (Wildman–Crippen LogP) is 0.439. The van der Waals surface area contributed by atoms with Gasteiger partial charge in [0.05, 0.1) is 12.8 Å². The predicted molar refractivity (Wildman–Crippen MR) is 63.7 cm³/mol. The molecule has 0 atom stereocenters. The summed E-state index contributed by atoms with van der Waals surface area (Å²) in [5.41, 5.74) is 1.92. The second-order valence-corrected chi connectivity index (χ2v) is 3.82. The van der Waals surface area contributed by atoms with Crippen LogP contribution in [0.1, 0.15) is 17.5 Å². The standard InChI is InChI=1S/C13H16N2O/c16-10-12-6-4-11(5-7-12)2-1-3-13-14-8-9-15-13/h4-7,13-16H,3,8-10H2. The fraction of sp³-hybridized carbons (Fsp3) is 0.385. The highest BCUT2D eigenvalue weighted by molar-refractivity contribution is 5.36. The smallest absolute Gasteiger partial charge is 0.0685 e. The van der Waals surface area contributed by atoms with Gasteiger partial charge in [-0.1, -0.05) is 24.0 Å². The molecule has 1 aliphatic heterocycles. The summed E-state index contributed by atoms with van der Waals surface area (Å²) in [4.78, 5) is 0. The first-order valence-corrected chi connectivity index (χ1v) is 5.54. The lowest BCUT2D eigenvalue weighted by atomic mass is 10.1. The minimum absolute atomic E-state index is 0.0869. The molecule has 1 aromatic rings. The van der Waals surface area contributed by atoms with E-state index in [1.54, 1.807) is 0 Å². The Morgan fingerprint density at radius 3 is 2.50 bits per heavy atom. The minimum Gasteiger partial charge on any atom is -0.392 e. The molecule has 0 amide bonds. The molecule has 0 spiro atoms. The van der Waals surface area contributed by atoms with Gasteiger partial charge in [-0.2, -0.15) is 0 Å². The molecule has 16 heavy (non-hydrogen) atoms. The molecule has 3 N–H and O–H groups in total. The molecule has 1 saturated heterocycles. The Morgan fingerprint density at radius 2 is 1.88 bits per heavy atom. The molecule has 1 aromatic carbocycles. The Bertz CT molecular complexity index is 383. The van der Waals surface area contributed by atoms with E-state index in [1.165, 1.54) is 0 Å². The Kier molecular flexibility index (Phi) is 3.95. The minimum atomic E-state index is 0.0869. The quantitative estimate of drug-likeness (QED) is 0.629. The van der Waals surface area contributed by atoms with Gasteiger partial charge in [-0.25, -0.2) is 0 Å². The van der Waals surface area contributed by atoms with Gasteiger partial charge in [0.1, 0.15) is 0 Å². The molecule has 1 fully saturated rings. The second kappa shape index (κ2) is 5.66. The maximum Gasteiger partial charge on any atom is 0.0685 e. The van der Waals surface area contributed by atoms with Crippen LogP contribution in [0.4, 0.5) is 0 Å². The van der Waals surface area contributed by atoms with E-state index in [-0.39, 0.29) is 6.61 Å². The summed E-state index contributed by atoms with van der Waals surface area (Å²) in [7, 11) is 0. The normalized spacial score (nSPS) is 15.8. The molecular formula is C13H16N2O. The summed E-state index contributed by atoms with van der Waals surface area (Å²) in [5, 5.41) is 15.5. The SMILES string of the molecule is OCc1ccc(C#CCC2NCCN2)cc1. The third-order valence-corrected chi connectivity index (χ3v) is 2.58. The number of benzene rings is 1. The summed E-state index contributed by atoms with van der Waals surface area (Å²) in [6.07, 6.45) is 1.16. The van der Waals surface area contributed by atoms with Crippen molar-refractivity contribution in [3.05, 3.63) is 35.4 Å². The van der Waals surface area contributed by atoms with Crippen molar-refractivity contribution < 1.29 is 5.11 Å². The van der Waals surface area contributed by atoms with Crippen molar-refractivity contribution in [1.29, 1.82) is 0 Å². The first kappa shape index (κ1) is 11.2. The molecule has 0 aromatic heterocycles. The van der Waals surface area contributed by atoms with E-state index in [9.17, 15) is 0 Å². The van der Waals surface area contributed by atoms with E-state index in [4.69, 9.17) is 5.11 Å². The van der Waals surface area contributed by atoms with Crippen LogP contribution in [0.2, 0.25) is 0 Å². The first-order chi connectivity index (χ1) is 7.88. The van der Waals surface area contributed by atoms with Crippen LogP contribution in [-0.4, -0.2) is 24.4 Å². The Labute approximate surface area is 95.9 Å². The first-order valence-electron chi connectivity index (χ1n) is 5.54. The van der Waals surface area contributed by atoms with Crippen LogP contribution in [0.3, 0.4) is 0 Å². The fourth-order valence-electron chi connectivity index (χ4n) is 1.66. The van der Waals surface area contributed by atoms with Crippen LogP contribution in [0.25, 0.3) is 0 Å². The van der Waals surface area contributed by atoms with E-state index >= 15 is 0 Å². The van der Waals surface area contributed by atoms with Gasteiger partial charge < -0.3 is 5.11 Å². The van der Waals surface area contributed by atoms with E-state index in [0.29, 0.717) is 6.17 Å². The zero-order chi connectivity index (χ0) is 11.2.